The Morgan fingerprint density at radius 2 is 2.25 bits per heavy atom. The first-order valence-corrected chi connectivity index (χ1v) is 6.42. The molecule has 0 spiro atoms. The zero-order valence-electron chi connectivity index (χ0n) is 6.14. The minimum Gasteiger partial charge on any atom is -0.223 e. The van der Waals surface area contributed by atoms with Crippen LogP contribution in [0.2, 0.25) is 0 Å². The van der Waals surface area contributed by atoms with Gasteiger partial charge in [0.1, 0.15) is 9.61 Å². The number of rotatable bonds is 2. The first kappa shape index (κ1) is 9.58. The fraction of sp³-hybridized carbons (Fsp3) is 0.167. The molecule has 0 radical (unpaired) electrons. The molecule has 3 nitrogen and oxygen atoms in total. The lowest BCUT2D eigenvalue weighted by Crippen LogP contribution is -1.91. The van der Waals surface area contributed by atoms with Crippen LogP contribution < -0.4 is 0 Å². The van der Waals surface area contributed by atoms with Gasteiger partial charge in [-0.2, -0.15) is 5.26 Å². The predicted octanol–water partition coefficient (Wildman–Crippen LogP) is 1.72. The van der Waals surface area contributed by atoms with Gasteiger partial charge in [-0.1, -0.05) is 0 Å². The average Bonchev–Trinajstić information content (AvgIpc) is 2.35. The van der Waals surface area contributed by atoms with E-state index in [0.29, 0.717) is 8.42 Å². The number of thiocyanates is 1. The van der Waals surface area contributed by atoms with Crippen molar-refractivity contribution in [2.24, 2.45) is 0 Å². The highest BCUT2D eigenvalue weighted by atomic mass is 32.2. The highest BCUT2D eigenvalue weighted by Gasteiger charge is 2.10. The molecule has 0 atom stereocenters. The largest absolute Gasteiger partial charge is 0.223 e. The lowest BCUT2D eigenvalue weighted by molar-refractivity contribution is 0.604. The van der Waals surface area contributed by atoms with E-state index in [1.54, 1.807) is 6.07 Å². The zero-order chi connectivity index (χ0) is 9.19. The highest BCUT2D eigenvalue weighted by molar-refractivity contribution is 8.05. The van der Waals surface area contributed by atoms with Gasteiger partial charge in [-0.05, 0) is 12.1 Å². The summed E-state index contributed by atoms with van der Waals surface area (Å²) in [5, 5.41) is 10.2. The van der Waals surface area contributed by atoms with Crippen LogP contribution in [0.1, 0.15) is 0 Å². The monoisotopic (exact) mass is 219 g/mol. The molecule has 1 rings (SSSR count). The van der Waals surface area contributed by atoms with E-state index in [9.17, 15) is 8.42 Å². The summed E-state index contributed by atoms with van der Waals surface area (Å²) >= 11 is 2.09. The molecule has 0 bridgehead atoms. The van der Waals surface area contributed by atoms with E-state index in [1.807, 2.05) is 5.40 Å². The van der Waals surface area contributed by atoms with Gasteiger partial charge in [0.15, 0.2) is 9.84 Å². The predicted molar refractivity (Wildman–Crippen MR) is 48.9 cm³/mol. The Morgan fingerprint density at radius 1 is 1.58 bits per heavy atom. The van der Waals surface area contributed by atoms with Crippen molar-refractivity contribution in [2.45, 2.75) is 8.42 Å². The smallest absolute Gasteiger partial charge is 0.184 e. The summed E-state index contributed by atoms with van der Waals surface area (Å²) < 4.78 is 22.9. The Labute approximate surface area is 78.9 Å². The number of sulfone groups is 1. The van der Waals surface area contributed by atoms with Crippen LogP contribution in [-0.2, 0) is 9.84 Å². The molecule has 1 heterocycles. The summed E-state index contributed by atoms with van der Waals surface area (Å²) in [6.45, 7) is 0. The van der Waals surface area contributed by atoms with Crippen LogP contribution >= 0.6 is 23.1 Å². The van der Waals surface area contributed by atoms with E-state index in [-0.39, 0.29) is 0 Å². The fourth-order valence-electron chi connectivity index (χ4n) is 0.602. The lowest BCUT2D eigenvalue weighted by atomic mass is 10.7. The second kappa shape index (κ2) is 3.47. The number of hydrogen-bond donors (Lipinski definition) is 0. The van der Waals surface area contributed by atoms with Crippen molar-refractivity contribution in [1.82, 2.24) is 0 Å². The molecule has 0 aliphatic rings. The molecular weight excluding hydrogens is 214 g/mol. The van der Waals surface area contributed by atoms with Crippen molar-refractivity contribution in [2.75, 3.05) is 6.26 Å². The van der Waals surface area contributed by atoms with Crippen molar-refractivity contribution in [3.8, 4) is 5.40 Å². The third-order valence-electron chi connectivity index (χ3n) is 1.07. The number of thioether (sulfide) groups is 1. The van der Waals surface area contributed by atoms with Crippen molar-refractivity contribution >= 4 is 32.9 Å². The van der Waals surface area contributed by atoms with E-state index in [1.165, 1.54) is 6.07 Å². The summed E-state index contributed by atoms with van der Waals surface area (Å²) in [5.74, 6) is 0. The molecule has 0 saturated heterocycles. The molecule has 1 aromatic heterocycles. The summed E-state index contributed by atoms with van der Waals surface area (Å²) in [6.07, 6.45) is 1.15. The van der Waals surface area contributed by atoms with Gasteiger partial charge in [0.25, 0.3) is 0 Å². The van der Waals surface area contributed by atoms with Crippen LogP contribution in [-0.4, -0.2) is 14.7 Å². The standard InChI is InChI=1S/C6H5NO2S3/c1-12(8,9)6-3-2-5(11-6)10-4-7/h2-3H,1H3. The average molecular weight is 219 g/mol. The topological polar surface area (TPSA) is 57.9 Å². The van der Waals surface area contributed by atoms with E-state index in [0.717, 1.165) is 29.4 Å². The van der Waals surface area contributed by atoms with Crippen LogP contribution in [0.3, 0.4) is 0 Å². The molecule has 0 saturated carbocycles. The summed E-state index contributed by atoms with van der Waals surface area (Å²) in [7, 11) is -3.10. The number of thiophene rings is 1. The number of nitriles is 1. The molecule has 64 valence electrons. The molecule has 0 N–H and O–H groups in total. The van der Waals surface area contributed by atoms with Gasteiger partial charge in [0.05, 0.1) is 4.21 Å². The van der Waals surface area contributed by atoms with Gasteiger partial charge in [-0.15, -0.1) is 11.3 Å². The SMILES string of the molecule is CS(=O)(=O)c1ccc(SC#N)s1. The lowest BCUT2D eigenvalue weighted by Gasteiger charge is -1.87. The first-order chi connectivity index (χ1) is 5.54. The van der Waals surface area contributed by atoms with E-state index < -0.39 is 9.84 Å². The maximum atomic E-state index is 11.0. The van der Waals surface area contributed by atoms with Crippen molar-refractivity contribution in [1.29, 1.82) is 5.26 Å². The molecule has 0 aliphatic heterocycles. The van der Waals surface area contributed by atoms with Crippen LogP contribution in [0.5, 0.6) is 0 Å². The highest BCUT2D eigenvalue weighted by Crippen LogP contribution is 2.28. The number of nitrogens with zero attached hydrogens (tertiary/aromatic N) is 1. The van der Waals surface area contributed by atoms with Gasteiger partial charge in [0, 0.05) is 18.0 Å². The second-order valence-corrected chi connectivity index (χ2v) is 6.45. The molecule has 0 aliphatic carbocycles. The van der Waals surface area contributed by atoms with E-state index in [2.05, 4.69) is 0 Å². The third kappa shape index (κ3) is 2.24. The van der Waals surface area contributed by atoms with Crippen molar-refractivity contribution in [3.05, 3.63) is 12.1 Å². The summed E-state index contributed by atoms with van der Waals surface area (Å²) in [5.41, 5.74) is 0. The minimum atomic E-state index is -3.10. The van der Waals surface area contributed by atoms with Gasteiger partial charge < -0.3 is 0 Å². The molecular formula is C6H5NO2S3. The van der Waals surface area contributed by atoms with Gasteiger partial charge in [-0.25, -0.2) is 8.42 Å². The van der Waals surface area contributed by atoms with Crippen molar-refractivity contribution < 1.29 is 8.42 Å². The summed E-state index contributed by atoms with van der Waals surface area (Å²) in [4.78, 5) is 0. The zero-order valence-corrected chi connectivity index (χ0v) is 8.59. The molecule has 12 heavy (non-hydrogen) atoms. The number of hydrogen-bond acceptors (Lipinski definition) is 5. The van der Waals surface area contributed by atoms with Crippen molar-refractivity contribution in [3.63, 3.8) is 0 Å². The fourth-order valence-corrected chi connectivity index (χ4v) is 3.20. The first-order valence-electron chi connectivity index (χ1n) is 2.90. The Bertz CT molecular complexity index is 412. The Balaban J connectivity index is 3.02. The van der Waals surface area contributed by atoms with E-state index in [4.69, 9.17) is 5.26 Å². The molecule has 0 fully saturated rings. The Morgan fingerprint density at radius 3 is 2.67 bits per heavy atom. The molecule has 6 heteroatoms. The van der Waals surface area contributed by atoms with Crippen LogP contribution in [0.25, 0.3) is 0 Å². The minimum absolute atomic E-state index is 0.306. The van der Waals surface area contributed by atoms with E-state index >= 15 is 0 Å². The van der Waals surface area contributed by atoms with Crippen LogP contribution in [0.4, 0.5) is 0 Å². The molecule has 0 amide bonds. The quantitative estimate of drug-likeness (QED) is 0.561. The molecule has 1 aromatic rings. The van der Waals surface area contributed by atoms with Gasteiger partial charge in [-0.3, -0.25) is 0 Å². The third-order valence-corrected chi connectivity index (χ3v) is 4.70. The van der Waals surface area contributed by atoms with Crippen LogP contribution in [0.15, 0.2) is 20.6 Å². The van der Waals surface area contributed by atoms with Crippen LogP contribution in [0, 0.1) is 10.7 Å². The summed E-state index contributed by atoms with van der Waals surface area (Å²) in [6, 6.07) is 3.15. The Kier molecular flexibility index (Phi) is 2.77. The second-order valence-electron chi connectivity index (χ2n) is 2.04. The molecule has 0 aromatic carbocycles. The maximum absolute atomic E-state index is 11.0. The van der Waals surface area contributed by atoms with Gasteiger partial charge >= 0.3 is 0 Å². The maximum Gasteiger partial charge on any atom is 0.184 e. The van der Waals surface area contributed by atoms with Gasteiger partial charge in [0.2, 0.25) is 0 Å². The Hall–Kier alpha value is -0.510. The normalized spacial score (nSPS) is 11.0. The molecule has 0 unspecified atom stereocenters.